The molecule has 0 amide bonds. The second kappa shape index (κ2) is 6.80. The van der Waals surface area contributed by atoms with Crippen LogP contribution in [0, 0.1) is 0 Å². The van der Waals surface area contributed by atoms with Gasteiger partial charge in [-0.3, -0.25) is 0 Å². The van der Waals surface area contributed by atoms with Crippen LogP contribution in [0.25, 0.3) is 0 Å². The molecule has 2 aromatic rings. The molecule has 1 aliphatic rings. The zero-order valence-corrected chi connectivity index (χ0v) is 16.0. The highest BCUT2D eigenvalue weighted by atomic mass is 79.9. The molecule has 0 spiro atoms. The van der Waals surface area contributed by atoms with E-state index in [0.29, 0.717) is 22.0 Å². The Bertz CT molecular complexity index is 678. The van der Waals surface area contributed by atoms with Gasteiger partial charge in [-0.1, -0.05) is 73.3 Å². The lowest BCUT2D eigenvalue weighted by Crippen LogP contribution is -2.29. The summed E-state index contributed by atoms with van der Waals surface area (Å²) in [5, 5.41) is 1.60. The van der Waals surface area contributed by atoms with Crippen LogP contribution in [0.1, 0.15) is 17.2 Å². The Morgan fingerprint density at radius 3 is 2.50 bits per heavy atom. The van der Waals surface area contributed by atoms with E-state index in [9.17, 15) is 0 Å². The molecular weight excluding hydrogens is 455 g/mol. The Labute approximate surface area is 156 Å². The summed E-state index contributed by atoms with van der Waals surface area (Å²) in [7, 11) is 0. The highest BCUT2D eigenvalue weighted by Gasteiger charge is 2.44. The van der Waals surface area contributed by atoms with E-state index in [2.05, 4.69) is 31.9 Å². The largest absolute Gasteiger partial charge is 0.342 e. The molecule has 1 heterocycles. The van der Waals surface area contributed by atoms with Gasteiger partial charge in [0.25, 0.3) is 0 Å². The summed E-state index contributed by atoms with van der Waals surface area (Å²) in [6.07, 6.45) is -0.141. The van der Waals surface area contributed by atoms with Crippen LogP contribution in [0.3, 0.4) is 0 Å². The number of benzene rings is 2. The quantitative estimate of drug-likeness (QED) is 0.509. The van der Waals surface area contributed by atoms with Crippen LogP contribution in [0.4, 0.5) is 0 Å². The van der Waals surface area contributed by atoms with Crippen molar-refractivity contribution in [2.45, 2.75) is 11.9 Å². The molecular formula is C16H12Br2Cl2O2. The third-order valence-electron chi connectivity index (χ3n) is 3.56. The minimum atomic E-state index is -0.903. The summed E-state index contributed by atoms with van der Waals surface area (Å²) in [5.74, 6) is -0.903. The van der Waals surface area contributed by atoms with Gasteiger partial charge in [-0.2, -0.15) is 0 Å². The third kappa shape index (κ3) is 3.23. The SMILES string of the molecule is Clc1ccc([C@@]2(CBr)OC[C@@H](c3ccc(Br)cc3)O2)c(Cl)c1. The summed E-state index contributed by atoms with van der Waals surface area (Å²) < 4.78 is 13.2. The average molecular weight is 467 g/mol. The molecule has 0 N–H and O–H groups in total. The fourth-order valence-corrected chi connectivity index (χ4v) is 3.84. The Hall–Kier alpha value is -0.100. The van der Waals surface area contributed by atoms with Crippen LogP contribution in [-0.2, 0) is 15.3 Å². The van der Waals surface area contributed by atoms with E-state index in [0.717, 1.165) is 15.6 Å². The van der Waals surface area contributed by atoms with Crippen molar-refractivity contribution in [2.24, 2.45) is 0 Å². The number of alkyl halides is 1. The molecule has 0 saturated carbocycles. The number of ether oxygens (including phenoxy) is 2. The van der Waals surface area contributed by atoms with Crippen LogP contribution < -0.4 is 0 Å². The fraction of sp³-hybridized carbons (Fsp3) is 0.250. The number of rotatable bonds is 3. The molecule has 2 nitrogen and oxygen atoms in total. The molecule has 2 atom stereocenters. The molecule has 22 heavy (non-hydrogen) atoms. The van der Waals surface area contributed by atoms with Crippen molar-refractivity contribution in [3.05, 3.63) is 68.1 Å². The van der Waals surface area contributed by atoms with Gasteiger partial charge in [-0.25, -0.2) is 0 Å². The van der Waals surface area contributed by atoms with Gasteiger partial charge in [-0.15, -0.1) is 0 Å². The number of hydrogen-bond donors (Lipinski definition) is 0. The van der Waals surface area contributed by atoms with E-state index >= 15 is 0 Å². The zero-order valence-electron chi connectivity index (χ0n) is 11.4. The molecule has 0 unspecified atom stereocenters. The first-order valence-corrected chi connectivity index (χ1v) is 9.30. The molecule has 3 rings (SSSR count). The van der Waals surface area contributed by atoms with Gasteiger partial charge >= 0.3 is 0 Å². The molecule has 6 heteroatoms. The van der Waals surface area contributed by atoms with Gasteiger partial charge in [-0.05, 0) is 29.8 Å². The van der Waals surface area contributed by atoms with E-state index in [4.69, 9.17) is 32.7 Å². The summed E-state index contributed by atoms with van der Waals surface area (Å²) in [6, 6.07) is 13.3. The van der Waals surface area contributed by atoms with Gasteiger partial charge in [0.1, 0.15) is 6.10 Å². The molecule has 116 valence electrons. The third-order valence-corrected chi connectivity index (χ3v) is 5.37. The van der Waals surface area contributed by atoms with Gasteiger partial charge in [0, 0.05) is 15.1 Å². The zero-order chi connectivity index (χ0) is 15.7. The van der Waals surface area contributed by atoms with Crippen molar-refractivity contribution in [3.8, 4) is 0 Å². The maximum Gasteiger partial charge on any atom is 0.207 e. The van der Waals surface area contributed by atoms with Crippen LogP contribution in [0.2, 0.25) is 10.0 Å². The maximum absolute atomic E-state index is 6.32. The lowest BCUT2D eigenvalue weighted by atomic mass is 10.1. The van der Waals surface area contributed by atoms with Crippen LogP contribution in [0.15, 0.2) is 46.9 Å². The van der Waals surface area contributed by atoms with Gasteiger partial charge in [0.2, 0.25) is 5.79 Å². The van der Waals surface area contributed by atoms with E-state index in [1.54, 1.807) is 12.1 Å². The summed E-state index contributed by atoms with van der Waals surface area (Å²) >= 11 is 19.2. The van der Waals surface area contributed by atoms with Crippen molar-refractivity contribution < 1.29 is 9.47 Å². The fourth-order valence-electron chi connectivity index (χ4n) is 2.43. The molecule has 1 saturated heterocycles. The molecule has 2 aromatic carbocycles. The van der Waals surface area contributed by atoms with Crippen molar-refractivity contribution in [3.63, 3.8) is 0 Å². The second-order valence-corrected chi connectivity index (χ2v) is 7.30. The molecule has 0 aromatic heterocycles. The van der Waals surface area contributed by atoms with E-state index in [1.165, 1.54) is 0 Å². The van der Waals surface area contributed by atoms with Gasteiger partial charge in [0.15, 0.2) is 0 Å². The Morgan fingerprint density at radius 1 is 1.14 bits per heavy atom. The Balaban J connectivity index is 1.91. The molecule has 1 aliphatic heterocycles. The van der Waals surface area contributed by atoms with Crippen molar-refractivity contribution in [1.82, 2.24) is 0 Å². The maximum atomic E-state index is 6.32. The normalized spacial score (nSPS) is 24.6. The van der Waals surface area contributed by atoms with E-state index in [-0.39, 0.29) is 6.10 Å². The minimum absolute atomic E-state index is 0.141. The van der Waals surface area contributed by atoms with Gasteiger partial charge < -0.3 is 9.47 Å². The topological polar surface area (TPSA) is 18.5 Å². The van der Waals surface area contributed by atoms with Crippen molar-refractivity contribution >= 4 is 55.1 Å². The molecule has 0 aliphatic carbocycles. The first-order valence-electron chi connectivity index (χ1n) is 6.63. The predicted octanol–water partition coefficient (Wildman–Crippen LogP) is 6.09. The summed E-state index contributed by atoms with van der Waals surface area (Å²) in [4.78, 5) is 0. The minimum Gasteiger partial charge on any atom is -0.342 e. The highest BCUT2D eigenvalue weighted by Crippen LogP contribution is 2.44. The van der Waals surface area contributed by atoms with Crippen molar-refractivity contribution in [2.75, 3.05) is 11.9 Å². The first-order chi connectivity index (χ1) is 10.5. The van der Waals surface area contributed by atoms with Gasteiger partial charge in [0.05, 0.1) is 17.0 Å². The standard InChI is InChI=1S/C16H12Br2Cl2O2/c17-9-16(13-6-5-12(19)7-14(13)20)21-8-15(22-16)10-1-3-11(18)4-2-10/h1-7,15H,8-9H2/t15-,16-/m0/s1. The number of hydrogen-bond acceptors (Lipinski definition) is 2. The smallest absolute Gasteiger partial charge is 0.207 e. The highest BCUT2D eigenvalue weighted by molar-refractivity contribution is 9.10. The lowest BCUT2D eigenvalue weighted by molar-refractivity contribution is -0.157. The Kier molecular flexibility index (Phi) is 5.17. The van der Waals surface area contributed by atoms with Crippen LogP contribution in [-0.4, -0.2) is 11.9 Å². The van der Waals surface area contributed by atoms with Crippen molar-refractivity contribution in [1.29, 1.82) is 0 Å². The summed E-state index contributed by atoms with van der Waals surface area (Å²) in [5.41, 5.74) is 1.84. The summed E-state index contributed by atoms with van der Waals surface area (Å²) in [6.45, 7) is 0.464. The number of halogens is 4. The monoisotopic (exact) mass is 464 g/mol. The van der Waals surface area contributed by atoms with E-state index in [1.807, 2.05) is 30.3 Å². The molecule has 0 radical (unpaired) electrons. The van der Waals surface area contributed by atoms with Crippen LogP contribution >= 0.6 is 55.1 Å². The lowest BCUT2D eigenvalue weighted by Gasteiger charge is -2.27. The van der Waals surface area contributed by atoms with Crippen LogP contribution in [0.5, 0.6) is 0 Å². The average Bonchev–Trinajstić information content (AvgIpc) is 2.93. The second-order valence-electron chi connectivity index (χ2n) is 4.98. The Morgan fingerprint density at radius 2 is 1.86 bits per heavy atom. The molecule has 1 fully saturated rings. The molecule has 0 bridgehead atoms. The first kappa shape index (κ1) is 16.7. The predicted molar refractivity (Wildman–Crippen MR) is 95.9 cm³/mol. The van der Waals surface area contributed by atoms with E-state index < -0.39 is 5.79 Å².